The topological polar surface area (TPSA) is 96.6 Å². The van der Waals surface area contributed by atoms with Crippen LogP contribution >= 0.6 is 0 Å². The fraction of sp³-hybridized carbons (Fsp3) is 0.182. The first-order valence-corrected chi connectivity index (χ1v) is 5.18. The van der Waals surface area contributed by atoms with Gasteiger partial charge in [-0.3, -0.25) is 19.9 Å². The highest BCUT2D eigenvalue weighted by Gasteiger charge is 2.26. The summed E-state index contributed by atoms with van der Waals surface area (Å²) in [5.41, 5.74) is 6.96. The Morgan fingerprint density at radius 2 is 2.06 bits per heavy atom. The van der Waals surface area contributed by atoms with E-state index in [0.717, 1.165) is 0 Å². The molecule has 1 heterocycles. The van der Waals surface area contributed by atoms with E-state index in [-0.39, 0.29) is 17.8 Å². The van der Waals surface area contributed by atoms with Crippen LogP contribution < -0.4 is 16.4 Å². The number of aliphatic imine (C=N–C) groups is 1. The molecular weight excluding hydrogens is 220 g/mol. The number of rotatable bonds is 2. The molecule has 0 radical (unpaired) electrons. The number of imide groups is 1. The first kappa shape index (κ1) is 11.1. The molecule has 0 spiro atoms. The van der Waals surface area contributed by atoms with Gasteiger partial charge >= 0.3 is 0 Å². The highest BCUT2D eigenvalue weighted by Crippen LogP contribution is 2.19. The number of hydrogen-bond donors (Lipinski definition) is 3. The SMILES string of the molecule is CCN=C(N)Nc1ccc2c(c1)C(=O)NC2=O. The molecule has 88 valence electrons. The lowest BCUT2D eigenvalue weighted by molar-refractivity contribution is 0.0879. The maximum absolute atomic E-state index is 11.4. The van der Waals surface area contributed by atoms with Crippen LogP contribution in [0, 0.1) is 0 Å². The van der Waals surface area contributed by atoms with E-state index in [1.165, 1.54) is 0 Å². The maximum Gasteiger partial charge on any atom is 0.259 e. The largest absolute Gasteiger partial charge is 0.370 e. The number of nitrogens with two attached hydrogens (primary N) is 1. The Bertz CT molecular complexity index is 522. The summed E-state index contributed by atoms with van der Waals surface area (Å²) < 4.78 is 0. The van der Waals surface area contributed by atoms with Crippen molar-refractivity contribution in [1.82, 2.24) is 5.32 Å². The summed E-state index contributed by atoms with van der Waals surface area (Å²) in [6.45, 7) is 2.44. The van der Waals surface area contributed by atoms with Gasteiger partial charge < -0.3 is 11.1 Å². The van der Waals surface area contributed by atoms with Crippen molar-refractivity contribution in [2.24, 2.45) is 10.7 Å². The van der Waals surface area contributed by atoms with Crippen LogP contribution in [0.1, 0.15) is 27.6 Å². The summed E-state index contributed by atoms with van der Waals surface area (Å²) in [4.78, 5) is 26.7. The minimum absolute atomic E-state index is 0.275. The summed E-state index contributed by atoms with van der Waals surface area (Å²) in [5.74, 6) is -0.483. The van der Waals surface area contributed by atoms with Crippen LogP contribution in [0.25, 0.3) is 0 Å². The number of carbonyl (C=O) groups excluding carboxylic acids is 2. The average Bonchev–Trinajstić information content (AvgIpc) is 2.55. The van der Waals surface area contributed by atoms with Crippen LogP contribution in [-0.4, -0.2) is 24.3 Å². The summed E-state index contributed by atoms with van der Waals surface area (Å²) in [6, 6.07) is 4.83. The normalized spacial score (nSPS) is 14.5. The van der Waals surface area contributed by atoms with Gasteiger partial charge in [0.25, 0.3) is 11.8 Å². The molecule has 1 aromatic carbocycles. The summed E-state index contributed by atoms with van der Waals surface area (Å²) in [7, 11) is 0. The second kappa shape index (κ2) is 4.25. The highest BCUT2D eigenvalue weighted by molar-refractivity contribution is 6.22. The Kier molecular flexibility index (Phi) is 2.78. The molecule has 1 aliphatic heterocycles. The van der Waals surface area contributed by atoms with Gasteiger partial charge in [-0.25, -0.2) is 0 Å². The van der Waals surface area contributed by atoms with Crippen LogP contribution in [0.2, 0.25) is 0 Å². The van der Waals surface area contributed by atoms with Gasteiger partial charge in [-0.2, -0.15) is 0 Å². The Hall–Kier alpha value is -2.37. The standard InChI is InChI=1S/C11H12N4O2/c1-2-13-11(12)14-6-3-4-7-8(5-6)10(17)15-9(7)16/h3-5H,2H2,1H3,(H3,12,13,14)(H,15,16,17). The van der Waals surface area contributed by atoms with Gasteiger partial charge in [0.1, 0.15) is 0 Å². The molecular formula is C11H12N4O2. The van der Waals surface area contributed by atoms with Gasteiger partial charge in [0, 0.05) is 12.2 Å². The molecule has 0 atom stereocenters. The van der Waals surface area contributed by atoms with Crippen molar-refractivity contribution >= 4 is 23.5 Å². The summed E-state index contributed by atoms with van der Waals surface area (Å²) in [6.07, 6.45) is 0. The van der Waals surface area contributed by atoms with Gasteiger partial charge in [0.05, 0.1) is 11.1 Å². The Balaban J connectivity index is 2.29. The lowest BCUT2D eigenvalue weighted by atomic mass is 10.1. The molecule has 6 nitrogen and oxygen atoms in total. The van der Waals surface area contributed by atoms with E-state index < -0.39 is 0 Å². The molecule has 17 heavy (non-hydrogen) atoms. The summed E-state index contributed by atoms with van der Waals surface area (Å²) >= 11 is 0. The van der Waals surface area contributed by atoms with E-state index in [1.54, 1.807) is 18.2 Å². The predicted octanol–water partition coefficient (Wildman–Crippen LogP) is 0.317. The molecule has 2 amide bonds. The molecule has 0 bridgehead atoms. The molecule has 0 saturated carbocycles. The number of nitrogens with zero attached hydrogens (tertiary/aromatic N) is 1. The van der Waals surface area contributed by atoms with Crippen LogP contribution in [0.4, 0.5) is 5.69 Å². The third-order valence-electron chi connectivity index (χ3n) is 2.34. The molecule has 6 heteroatoms. The molecule has 1 aliphatic rings. The second-order valence-corrected chi connectivity index (χ2v) is 3.53. The molecule has 2 rings (SSSR count). The van der Waals surface area contributed by atoms with Crippen molar-refractivity contribution in [3.63, 3.8) is 0 Å². The van der Waals surface area contributed by atoms with Crippen LogP contribution in [-0.2, 0) is 0 Å². The molecule has 0 aliphatic carbocycles. The predicted molar refractivity (Wildman–Crippen MR) is 64.0 cm³/mol. The quantitative estimate of drug-likeness (QED) is 0.388. The zero-order valence-corrected chi connectivity index (χ0v) is 9.28. The van der Waals surface area contributed by atoms with Crippen molar-refractivity contribution in [3.05, 3.63) is 29.3 Å². The number of nitrogens with one attached hydrogen (secondary N) is 2. The molecule has 0 aromatic heterocycles. The van der Waals surface area contributed by atoms with Gasteiger partial charge in [-0.05, 0) is 25.1 Å². The minimum atomic E-state index is -0.389. The van der Waals surface area contributed by atoms with Crippen molar-refractivity contribution < 1.29 is 9.59 Å². The van der Waals surface area contributed by atoms with Crippen molar-refractivity contribution in [2.45, 2.75) is 6.92 Å². The first-order chi connectivity index (χ1) is 8.11. The van der Waals surface area contributed by atoms with E-state index in [9.17, 15) is 9.59 Å². The maximum atomic E-state index is 11.4. The van der Waals surface area contributed by atoms with E-state index in [4.69, 9.17) is 5.73 Å². The van der Waals surface area contributed by atoms with Crippen LogP contribution in [0.15, 0.2) is 23.2 Å². The molecule has 1 aromatic rings. The van der Waals surface area contributed by atoms with Gasteiger partial charge in [-0.1, -0.05) is 0 Å². The number of guanidine groups is 1. The second-order valence-electron chi connectivity index (χ2n) is 3.53. The molecule has 4 N–H and O–H groups in total. The van der Waals surface area contributed by atoms with Crippen LogP contribution in [0.5, 0.6) is 0 Å². The molecule has 0 fully saturated rings. The van der Waals surface area contributed by atoms with Crippen molar-refractivity contribution in [1.29, 1.82) is 0 Å². The van der Waals surface area contributed by atoms with E-state index in [1.807, 2.05) is 6.92 Å². The lowest BCUT2D eigenvalue weighted by Gasteiger charge is -2.05. The van der Waals surface area contributed by atoms with E-state index in [2.05, 4.69) is 15.6 Å². The average molecular weight is 232 g/mol. The number of benzene rings is 1. The minimum Gasteiger partial charge on any atom is -0.370 e. The van der Waals surface area contributed by atoms with Crippen LogP contribution in [0.3, 0.4) is 0 Å². The third-order valence-corrected chi connectivity index (χ3v) is 2.34. The number of carbonyl (C=O) groups is 2. The van der Waals surface area contributed by atoms with Gasteiger partial charge in [0.15, 0.2) is 5.96 Å². The number of amides is 2. The fourth-order valence-corrected chi connectivity index (χ4v) is 1.60. The molecule has 0 unspecified atom stereocenters. The Labute approximate surface area is 97.9 Å². The smallest absolute Gasteiger partial charge is 0.259 e. The van der Waals surface area contributed by atoms with E-state index >= 15 is 0 Å². The highest BCUT2D eigenvalue weighted by atomic mass is 16.2. The third kappa shape index (κ3) is 2.10. The number of fused-ring (bicyclic) bond motifs is 1. The lowest BCUT2D eigenvalue weighted by Crippen LogP contribution is -2.22. The van der Waals surface area contributed by atoms with Gasteiger partial charge in [-0.15, -0.1) is 0 Å². The van der Waals surface area contributed by atoms with Gasteiger partial charge in [0.2, 0.25) is 0 Å². The number of hydrogen-bond acceptors (Lipinski definition) is 3. The van der Waals surface area contributed by atoms with Crippen molar-refractivity contribution in [3.8, 4) is 0 Å². The Morgan fingerprint density at radius 3 is 2.76 bits per heavy atom. The first-order valence-electron chi connectivity index (χ1n) is 5.18. The van der Waals surface area contributed by atoms with E-state index in [0.29, 0.717) is 23.4 Å². The zero-order valence-electron chi connectivity index (χ0n) is 9.28. The zero-order chi connectivity index (χ0) is 12.4. The number of anilines is 1. The van der Waals surface area contributed by atoms with Crippen molar-refractivity contribution in [2.75, 3.05) is 11.9 Å². The monoisotopic (exact) mass is 232 g/mol. The fourth-order valence-electron chi connectivity index (χ4n) is 1.60. The molecule has 0 saturated heterocycles. The Morgan fingerprint density at radius 1 is 1.35 bits per heavy atom. The summed E-state index contributed by atoms with van der Waals surface area (Å²) in [5, 5.41) is 5.07.